The van der Waals surface area contributed by atoms with E-state index in [-0.39, 0.29) is 6.54 Å². The molecule has 0 bridgehead atoms. The van der Waals surface area contributed by atoms with Crippen molar-refractivity contribution in [1.82, 2.24) is 4.90 Å². The largest absolute Gasteiger partial charge is 0.478 e. The number of carbonyl (C=O) groups is 2. The van der Waals surface area contributed by atoms with Gasteiger partial charge in [0.15, 0.2) is 0 Å². The van der Waals surface area contributed by atoms with Crippen molar-refractivity contribution in [2.45, 2.75) is 33.3 Å². The van der Waals surface area contributed by atoms with Gasteiger partial charge in [-0.25, -0.2) is 9.59 Å². The lowest BCUT2D eigenvalue weighted by atomic mass is 10.2. The van der Waals surface area contributed by atoms with Crippen molar-refractivity contribution >= 4 is 12.1 Å². The number of rotatable bonds is 4. The van der Waals surface area contributed by atoms with Crippen molar-refractivity contribution in [3.63, 3.8) is 0 Å². The summed E-state index contributed by atoms with van der Waals surface area (Å²) in [5, 5.41) is 8.40. The molecule has 5 heteroatoms. The van der Waals surface area contributed by atoms with E-state index in [0.717, 1.165) is 6.08 Å². The average Bonchev–Trinajstić information content (AvgIpc) is 2.08. The summed E-state index contributed by atoms with van der Waals surface area (Å²) >= 11 is 0. The van der Waals surface area contributed by atoms with Gasteiger partial charge in [0.25, 0.3) is 0 Å². The molecule has 0 aromatic heterocycles. The molecule has 0 aliphatic carbocycles. The first-order chi connectivity index (χ1) is 7.26. The first-order valence-electron chi connectivity index (χ1n) is 5.13. The molecule has 0 atom stereocenters. The quantitative estimate of drug-likeness (QED) is 0.747. The smallest absolute Gasteiger partial charge is 0.410 e. The molecule has 0 heterocycles. The zero-order valence-corrected chi connectivity index (χ0v) is 10.2. The molecule has 92 valence electrons. The van der Waals surface area contributed by atoms with Crippen molar-refractivity contribution < 1.29 is 19.4 Å². The SMILES string of the molecule is CCN(C/C=C/C(=O)O)C(=O)OC(C)(C)C. The van der Waals surface area contributed by atoms with E-state index < -0.39 is 17.7 Å². The monoisotopic (exact) mass is 229 g/mol. The van der Waals surface area contributed by atoms with Gasteiger partial charge in [0.1, 0.15) is 5.60 Å². The number of carboxylic acid groups (broad SMARTS) is 1. The van der Waals surface area contributed by atoms with E-state index in [9.17, 15) is 9.59 Å². The average molecular weight is 229 g/mol. The van der Waals surface area contributed by atoms with Crippen molar-refractivity contribution in [3.8, 4) is 0 Å². The van der Waals surface area contributed by atoms with E-state index in [1.165, 1.54) is 11.0 Å². The number of likely N-dealkylation sites (N-methyl/N-ethyl adjacent to an activating group) is 1. The minimum Gasteiger partial charge on any atom is -0.478 e. The zero-order chi connectivity index (χ0) is 12.8. The van der Waals surface area contributed by atoms with Crippen LogP contribution in [0, 0.1) is 0 Å². The first kappa shape index (κ1) is 14.5. The Labute approximate surface area is 95.7 Å². The zero-order valence-electron chi connectivity index (χ0n) is 10.2. The highest BCUT2D eigenvalue weighted by atomic mass is 16.6. The second kappa shape index (κ2) is 6.15. The van der Waals surface area contributed by atoms with Gasteiger partial charge >= 0.3 is 12.1 Å². The van der Waals surface area contributed by atoms with Crippen LogP contribution in [0.3, 0.4) is 0 Å². The number of carboxylic acids is 1. The molecule has 5 nitrogen and oxygen atoms in total. The van der Waals surface area contributed by atoms with E-state index in [0.29, 0.717) is 6.54 Å². The van der Waals surface area contributed by atoms with Crippen LogP contribution in [0.25, 0.3) is 0 Å². The van der Waals surface area contributed by atoms with Crippen LogP contribution in [0.15, 0.2) is 12.2 Å². The topological polar surface area (TPSA) is 66.8 Å². The van der Waals surface area contributed by atoms with E-state index in [1.807, 2.05) is 0 Å². The van der Waals surface area contributed by atoms with Crippen molar-refractivity contribution in [3.05, 3.63) is 12.2 Å². The van der Waals surface area contributed by atoms with Gasteiger partial charge in [-0.3, -0.25) is 0 Å². The van der Waals surface area contributed by atoms with Crippen LogP contribution in [-0.4, -0.2) is 40.8 Å². The van der Waals surface area contributed by atoms with Gasteiger partial charge in [0, 0.05) is 19.2 Å². The third kappa shape index (κ3) is 6.86. The molecular formula is C11H19NO4. The van der Waals surface area contributed by atoms with E-state index in [1.54, 1.807) is 27.7 Å². The Hall–Kier alpha value is -1.52. The number of hydrogen-bond acceptors (Lipinski definition) is 3. The Morgan fingerprint density at radius 2 is 1.94 bits per heavy atom. The third-order valence-corrected chi connectivity index (χ3v) is 1.62. The van der Waals surface area contributed by atoms with Crippen molar-refractivity contribution in [2.75, 3.05) is 13.1 Å². The molecule has 0 rings (SSSR count). The van der Waals surface area contributed by atoms with Crippen LogP contribution in [0.1, 0.15) is 27.7 Å². The van der Waals surface area contributed by atoms with Crippen molar-refractivity contribution in [1.29, 1.82) is 0 Å². The third-order valence-electron chi connectivity index (χ3n) is 1.62. The summed E-state index contributed by atoms with van der Waals surface area (Å²) < 4.78 is 5.15. The van der Waals surface area contributed by atoms with E-state index in [2.05, 4.69) is 0 Å². The maximum absolute atomic E-state index is 11.6. The second-order valence-corrected chi connectivity index (χ2v) is 4.26. The lowest BCUT2D eigenvalue weighted by molar-refractivity contribution is -0.131. The summed E-state index contributed by atoms with van der Waals surface area (Å²) in [5.41, 5.74) is -0.541. The van der Waals surface area contributed by atoms with Crippen LogP contribution in [0.2, 0.25) is 0 Å². The Kier molecular flexibility index (Phi) is 5.56. The summed E-state index contributed by atoms with van der Waals surface area (Å²) in [6.45, 7) is 7.86. The Bertz CT molecular complexity index is 278. The lowest BCUT2D eigenvalue weighted by Gasteiger charge is -2.25. The van der Waals surface area contributed by atoms with E-state index >= 15 is 0 Å². The molecule has 1 N–H and O–H groups in total. The van der Waals surface area contributed by atoms with Crippen LogP contribution in [-0.2, 0) is 9.53 Å². The molecular weight excluding hydrogens is 210 g/mol. The molecule has 16 heavy (non-hydrogen) atoms. The highest BCUT2D eigenvalue weighted by Crippen LogP contribution is 2.09. The minimum absolute atomic E-state index is 0.234. The molecule has 0 aromatic carbocycles. The van der Waals surface area contributed by atoms with Gasteiger partial charge in [0.05, 0.1) is 0 Å². The van der Waals surface area contributed by atoms with Crippen LogP contribution >= 0.6 is 0 Å². The Balaban J connectivity index is 4.28. The predicted octanol–water partition coefficient (Wildman–Crippen LogP) is 1.88. The van der Waals surface area contributed by atoms with Crippen LogP contribution < -0.4 is 0 Å². The van der Waals surface area contributed by atoms with Crippen LogP contribution in [0.5, 0.6) is 0 Å². The van der Waals surface area contributed by atoms with Gasteiger partial charge < -0.3 is 14.7 Å². The standard InChI is InChI=1S/C11H19NO4/c1-5-12(8-6-7-9(13)14)10(15)16-11(2,3)4/h6-7H,5,8H2,1-4H3,(H,13,14)/b7-6+. The fourth-order valence-corrected chi connectivity index (χ4v) is 0.940. The van der Waals surface area contributed by atoms with Gasteiger partial charge in [-0.1, -0.05) is 6.08 Å². The van der Waals surface area contributed by atoms with Gasteiger partial charge in [-0.15, -0.1) is 0 Å². The number of hydrogen-bond donors (Lipinski definition) is 1. The summed E-state index contributed by atoms with van der Waals surface area (Å²) in [5.74, 6) is -1.03. The fraction of sp³-hybridized carbons (Fsp3) is 0.636. The molecule has 0 aliphatic heterocycles. The van der Waals surface area contributed by atoms with Gasteiger partial charge in [-0.2, -0.15) is 0 Å². The molecule has 0 spiro atoms. The molecule has 0 fully saturated rings. The maximum atomic E-state index is 11.6. The Morgan fingerprint density at radius 1 is 1.38 bits per heavy atom. The summed E-state index contributed by atoms with van der Waals surface area (Å²) in [6, 6.07) is 0. The minimum atomic E-state index is -1.03. The normalized spacial score (nSPS) is 11.5. The van der Waals surface area contributed by atoms with Gasteiger partial charge in [0.2, 0.25) is 0 Å². The van der Waals surface area contributed by atoms with Gasteiger partial charge in [-0.05, 0) is 27.7 Å². The first-order valence-corrected chi connectivity index (χ1v) is 5.13. The molecule has 0 saturated heterocycles. The maximum Gasteiger partial charge on any atom is 0.410 e. The van der Waals surface area contributed by atoms with Crippen LogP contribution in [0.4, 0.5) is 4.79 Å². The molecule has 0 aromatic rings. The van der Waals surface area contributed by atoms with E-state index in [4.69, 9.17) is 9.84 Å². The summed E-state index contributed by atoms with van der Waals surface area (Å²) in [7, 11) is 0. The number of ether oxygens (including phenoxy) is 1. The van der Waals surface area contributed by atoms with Crippen molar-refractivity contribution in [2.24, 2.45) is 0 Å². The summed E-state index contributed by atoms with van der Waals surface area (Å²) in [6.07, 6.45) is 1.98. The lowest BCUT2D eigenvalue weighted by Crippen LogP contribution is -2.36. The second-order valence-electron chi connectivity index (χ2n) is 4.26. The number of amides is 1. The number of aliphatic carboxylic acids is 1. The number of carbonyl (C=O) groups excluding carboxylic acids is 1. The fourth-order valence-electron chi connectivity index (χ4n) is 0.940. The Morgan fingerprint density at radius 3 is 2.31 bits per heavy atom. The predicted molar refractivity (Wildman–Crippen MR) is 60.3 cm³/mol. The molecule has 0 radical (unpaired) electrons. The molecule has 0 aliphatic rings. The highest BCUT2D eigenvalue weighted by Gasteiger charge is 2.20. The molecule has 0 saturated carbocycles. The highest BCUT2D eigenvalue weighted by molar-refractivity contribution is 5.79. The molecule has 0 unspecified atom stereocenters. The summed E-state index contributed by atoms with van der Waals surface area (Å²) in [4.78, 5) is 23.3. The number of nitrogens with zero attached hydrogens (tertiary/aromatic N) is 1. The molecule has 1 amide bonds.